The summed E-state index contributed by atoms with van der Waals surface area (Å²) in [6.45, 7) is 4.07. The van der Waals surface area contributed by atoms with Gasteiger partial charge in [-0.1, -0.05) is 0 Å². The van der Waals surface area contributed by atoms with Crippen LogP contribution in [0.25, 0.3) is 0 Å². The van der Waals surface area contributed by atoms with Gasteiger partial charge in [0.1, 0.15) is 13.1 Å². The zero-order chi connectivity index (χ0) is 17.1. The quantitative estimate of drug-likeness (QED) is 0.153. The molecule has 0 atom stereocenters. The Kier molecular flexibility index (Phi) is 8.82. The number of rotatable bonds is 5. The summed E-state index contributed by atoms with van der Waals surface area (Å²) in [5, 5.41) is 2.92. The lowest BCUT2D eigenvalue weighted by atomic mass is 10.3. The van der Waals surface area contributed by atoms with Crippen LogP contribution in [0.4, 0.5) is 11.4 Å². The molecule has 0 aromatic heterocycles. The molecule has 4 N–H and O–H groups in total. The number of nitrogens with two attached hydrogens (primary N) is 1. The molecule has 6 nitrogen and oxygen atoms in total. The van der Waals surface area contributed by atoms with E-state index < -0.39 is 0 Å². The third-order valence-corrected chi connectivity index (χ3v) is 3.20. The average molecular weight is 338 g/mol. The molecule has 1 heterocycles. The number of hydrazine groups is 1. The smallest absolute Gasteiger partial charge is 0.412 e. The van der Waals surface area contributed by atoms with Gasteiger partial charge in [0.05, 0.1) is 12.3 Å². The highest BCUT2D eigenvalue weighted by Gasteiger charge is 2.24. The van der Waals surface area contributed by atoms with E-state index in [-0.39, 0.29) is 5.97 Å². The third kappa shape index (κ3) is 6.73. The SMILES string of the molecule is CCOC(=O)/C(C=[N+]1CCCC1)=[NH+]\Nc1ccc(N)cc1.CS. The summed E-state index contributed by atoms with van der Waals surface area (Å²) in [7, 11) is 0. The van der Waals surface area contributed by atoms with Crippen molar-refractivity contribution in [2.24, 2.45) is 0 Å². The van der Waals surface area contributed by atoms with E-state index in [1.807, 2.05) is 18.3 Å². The van der Waals surface area contributed by atoms with Gasteiger partial charge in [-0.15, -0.1) is 5.10 Å². The predicted molar refractivity (Wildman–Crippen MR) is 97.3 cm³/mol. The number of carbonyl (C=O) groups excluding carboxylic acids is 1. The fraction of sp³-hybridized carbons (Fsp3) is 0.438. The Morgan fingerprint density at radius 1 is 1.35 bits per heavy atom. The number of ether oxygens (including phenoxy) is 1. The molecule has 0 saturated carbocycles. The normalized spacial score (nSPS) is 13.9. The molecule has 0 unspecified atom stereocenters. The number of thiol groups is 1. The highest BCUT2D eigenvalue weighted by Crippen LogP contribution is 2.07. The van der Waals surface area contributed by atoms with Crippen molar-refractivity contribution < 1.29 is 19.2 Å². The molecule has 1 aliphatic heterocycles. The molecule has 126 valence electrons. The first kappa shape index (κ1) is 19.0. The summed E-state index contributed by atoms with van der Waals surface area (Å²) in [6, 6.07) is 7.25. The van der Waals surface area contributed by atoms with Crippen molar-refractivity contribution >= 4 is 41.9 Å². The topological polar surface area (TPSA) is 81.3 Å². The van der Waals surface area contributed by atoms with E-state index in [1.54, 1.807) is 25.3 Å². The van der Waals surface area contributed by atoms with Crippen LogP contribution in [0.5, 0.6) is 0 Å². The molecule has 2 rings (SSSR count). The van der Waals surface area contributed by atoms with Crippen LogP contribution in [0.3, 0.4) is 0 Å². The standard InChI is InChI=1S/C15H20N4O2.CH4S/c1-2-21-15(20)14(11-19-9-3-4-10-19)18-17-13-7-5-12(16)6-8-13;1-2/h5-8,11H,2-4,9-10H2,1H3,(H2,16,18);2H,1H3/p+2. The van der Waals surface area contributed by atoms with Gasteiger partial charge in [-0.3, -0.25) is 0 Å². The zero-order valence-corrected chi connectivity index (χ0v) is 14.6. The molecule has 23 heavy (non-hydrogen) atoms. The Morgan fingerprint density at radius 2 is 1.96 bits per heavy atom. The van der Waals surface area contributed by atoms with Crippen molar-refractivity contribution in [3.8, 4) is 0 Å². The molecular formula is C16H26N4O2S+2. The molecular weight excluding hydrogens is 312 g/mol. The summed E-state index contributed by atoms with van der Waals surface area (Å²) >= 11 is 3.53. The van der Waals surface area contributed by atoms with E-state index in [2.05, 4.69) is 27.7 Å². The molecule has 0 bridgehead atoms. The number of hydrazone groups is 1. The molecule has 1 saturated heterocycles. The van der Waals surface area contributed by atoms with E-state index in [0.29, 0.717) is 18.0 Å². The molecule has 0 aliphatic carbocycles. The lowest BCUT2D eigenvalue weighted by molar-refractivity contribution is -0.502. The van der Waals surface area contributed by atoms with Crippen LogP contribution in [0, 0.1) is 0 Å². The van der Waals surface area contributed by atoms with Gasteiger partial charge in [0.2, 0.25) is 6.21 Å². The maximum absolute atomic E-state index is 12.0. The first-order chi connectivity index (χ1) is 11.2. The Hall–Kier alpha value is -2.02. The molecule has 1 aliphatic rings. The Balaban J connectivity index is 0.00000127. The van der Waals surface area contributed by atoms with Crippen molar-refractivity contribution in [1.29, 1.82) is 0 Å². The van der Waals surface area contributed by atoms with Crippen LogP contribution >= 0.6 is 12.6 Å². The summed E-state index contributed by atoms with van der Waals surface area (Å²) < 4.78 is 7.18. The number of esters is 1. The highest BCUT2D eigenvalue weighted by atomic mass is 32.1. The van der Waals surface area contributed by atoms with Crippen molar-refractivity contribution in [2.45, 2.75) is 19.8 Å². The number of nitrogens with one attached hydrogen (secondary N) is 2. The summed E-state index contributed by atoms with van der Waals surface area (Å²) in [5.74, 6) is -0.368. The van der Waals surface area contributed by atoms with Crippen LogP contribution in [0.1, 0.15) is 19.8 Å². The first-order valence-corrected chi connectivity index (χ1v) is 8.54. The van der Waals surface area contributed by atoms with Crippen molar-refractivity contribution in [3.05, 3.63) is 24.3 Å². The van der Waals surface area contributed by atoms with Crippen LogP contribution < -0.4 is 16.3 Å². The van der Waals surface area contributed by atoms with Crippen LogP contribution in [0.15, 0.2) is 24.3 Å². The van der Waals surface area contributed by atoms with E-state index in [4.69, 9.17) is 10.5 Å². The lowest BCUT2D eigenvalue weighted by Gasteiger charge is -1.99. The Morgan fingerprint density at radius 3 is 2.52 bits per heavy atom. The van der Waals surface area contributed by atoms with Gasteiger partial charge < -0.3 is 10.5 Å². The third-order valence-electron chi connectivity index (χ3n) is 3.20. The minimum Gasteiger partial charge on any atom is -0.458 e. The van der Waals surface area contributed by atoms with Crippen molar-refractivity contribution in [2.75, 3.05) is 37.1 Å². The van der Waals surface area contributed by atoms with E-state index in [1.165, 1.54) is 0 Å². The molecule has 1 fully saturated rings. The van der Waals surface area contributed by atoms with Crippen LogP contribution in [-0.4, -0.2) is 48.4 Å². The molecule has 1 aromatic carbocycles. The van der Waals surface area contributed by atoms with Gasteiger partial charge in [-0.25, -0.2) is 9.37 Å². The lowest BCUT2D eigenvalue weighted by Crippen LogP contribution is -2.80. The maximum Gasteiger partial charge on any atom is 0.412 e. The van der Waals surface area contributed by atoms with Gasteiger partial charge in [-0.2, -0.15) is 18.1 Å². The second-order valence-corrected chi connectivity index (χ2v) is 4.88. The van der Waals surface area contributed by atoms with Crippen molar-refractivity contribution in [3.63, 3.8) is 0 Å². The van der Waals surface area contributed by atoms with Gasteiger partial charge >= 0.3 is 11.7 Å². The monoisotopic (exact) mass is 338 g/mol. The van der Waals surface area contributed by atoms with Gasteiger partial charge in [-0.05, 0) is 37.4 Å². The Labute approximate surface area is 142 Å². The average Bonchev–Trinajstić information content (AvgIpc) is 3.08. The fourth-order valence-corrected chi connectivity index (χ4v) is 2.10. The number of nitrogen functional groups attached to an aromatic ring is 1. The largest absolute Gasteiger partial charge is 0.458 e. The van der Waals surface area contributed by atoms with E-state index in [9.17, 15) is 4.79 Å². The second-order valence-electron chi connectivity index (χ2n) is 4.88. The summed E-state index contributed by atoms with van der Waals surface area (Å²) in [5.41, 5.74) is 10.5. The van der Waals surface area contributed by atoms with E-state index >= 15 is 0 Å². The minimum atomic E-state index is -0.368. The molecule has 0 amide bonds. The number of hydrogen-bond acceptors (Lipinski definition) is 5. The minimum absolute atomic E-state index is 0.347. The number of nitrogens with zero attached hydrogens (tertiary/aromatic N) is 1. The maximum atomic E-state index is 12.0. The second kappa shape index (κ2) is 10.7. The highest BCUT2D eigenvalue weighted by molar-refractivity contribution is 7.79. The van der Waals surface area contributed by atoms with Gasteiger partial charge in [0.15, 0.2) is 0 Å². The van der Waals surface area contributed by atoms with E-state index in [0.717, 1.165) is 31.6 Å². The molecule has 1 aromatic rings. The number of carbonyl (C=O) groups is 1. The number of hydrogen-bond donors (Lipinski definition) is 4. The summed E-state index contributed by atoms with van der Waals surface area (Å²) in [6.07, 6.45) is 5.81. The van der Waals surface area contributed by atoms with Crippen LogP contribution in [-0.2, 0) is 9.53 Å². The van der Waals surface area contributed by atoms with Gasteiger partial charge in [0.25, 0.3) is 0 Å². The number of anilines is 2. The number of benzene rings is 1. The first-order valence-electron chi connectivity index (χ1n) is 7.64. The summed E-state index contributed by atoms with van der Waals surface area (Å²) in [4.78, 5) is 12.0. The zero-order valence-electron chi connectivity index (χ0n) is 13.7. The molecule has 0 spiro atoms. The van der Waals surface area contributed by atoms with Gasteiger partial charge in [0, 0.05) is 18.5 Å². The molecule has 7 heteroatoms. The molecule has 0 radical (unpaired) electrons. The Bertz CT molecular complexity index is 548. The van der Waals surface area contributed by atoms with Crippen LogP contribution in [0.2, 0.25) is 0 Å². The fourth-order valence-electron chi connectivity index (χ4n) is 2.10. The predicted octanol–water partition coefficient (Wildman–Crippen LogP) is 0.104. The van der Waals surface area contributed by atoms with Crippen molar-refractivity contribution in [1.82, 2.24) is 0 Å².